The van der Waals surface area contributed by atoms with Gasteiger partial charge in [0.1, 0.15) is 34.6 Å². The molecule has 1 atom stereocenters. The Morgan fingerprint density at radius 3 is 2.77 bits per heavy atom. The number of amides is 1. The largest absolute Gasteiger partial charge is 0.497 e. The van der Waals surface area contributed by atoms with Crippen molar-refractivity contribution in [2.24, 2.45) is 0 Å². The Morgan fingerprint density at radius 1 is 1.06 bits per heavy atom. The van der Waals surface area contributed by atoms with Crippen molar-refractivity contribution in [3.63, 3.8) is 0 Å². The summed E-state index contributed by atoms with van der Waals surface area (Å²) < 4.78 is 17.5. The van der Waals surface area contributed by atoms with Gasteiger partial charge in [-0.2, -0.15) is 0 Å². The number of ether oxygens (including phenoxy) is 3. The highest BCUT2D eigenvalue weighted by Gasteiger charge is 2.25. The van der Waals surface area contributed by atoms with Crippen molar-refractivity contribution >= 4 is 11.7 Å². The minimum absolute atomic E-state index is 0.0211. The van der Waals surface area contributed by atoms with Crippen LogP contribution in [0, 0.1) is 0 Å². The van der Waals surface area contributed by atoms with E-state index < -0.39 is 0 Å². The topological polar surface area (TPSA) is 98.4 Å². The van der Waals surface area contributed by atoms with Gasteiger partial charge in [-0.1, -0.05) is 0 Å². The number of aromatic amines is 1. The van der Waals surface area contributed by atoms with Crippen LogP contribution >= 0.6 is 0 Å². The van der Waals surface area contributed by atoms with Crippen LogP contribution in [0.2, 0.25) is 0 Å². The lowest BCUT2D eigenvalue weighted by Crippen LogP contribution is -2.20. The van der Waals surface area contributed by atoms with Crippen LogP contribution in [0.15, 0.2) is 60.9 Å². The van der Waals surface area contributed by atoms with Crippen molar-refractivity contribution in [2.75, 3.05) is 19.0 Å². The molecule has 0 saturated carbocycles. The van der Waals surface area contributed by atoms with E-state index in [1.165, 1.54) is 0 Å². The number of aromatic nitrogens is 3. The summed E-state index contributed by atoms with van der Waals surface area (Å²) in [4.78, 5) is 24.1. The van der Waals surface area contributed by atoms with Gasteiger partial charge in [-0.05, 0) is 66.9 Å². The highest BCUT2D eigenvalue weighted by Crippen LogP contribution is 2.37. The van der Waals surface area contributed by atoms with E-state index in [2.05, 4.69) is 15.3 Å². The number of hydrogen-bond acceptors (Lipinski definition) is 6. The van der Waals surface area contributed by atoms with E-state index in [9.17, 15) is 4.79 Å². The van der Waals surface area contributed by atoms with E-state index in [0.29, 0.717) is 31.0 Å². The first kappa shape index (κ1) is 21.2. The Hall–Kier alpha value is -4.33. The first-order chi connectivity index (χ1) is 17.2. The minimum atomic E-state index is -0.0211. The van der Waals surface area contributed by atoms with Gasteiger partial charge in [0.05, 0.1) is 25.3 Å². The molecule has 2 aromatic heterocycles. The molecule has 1 amide bonds. The van der Waals surface area contributed by atoms with E-state index in [1.807, 2.05) is 54.7 Å². The summed E-state index contributed by atoms with van der Waals surface area (Å²) in [5.41, 5.74) is 3.90. The number of nitrogens with zero attached hydrogens (tertiary/aromatic N) is 2. The van der Waals surface area contributed by atoms with Gasteiger partial charge in [0.15, 0.2) is 0 Å². The van der Waals surface area contributed by atoms with E-state index in [-0.39, 0.29) is 11.8 Å². The molecule has 1 unspecified atom stereocenters. The van der Waals surface area contributed by atoms with Gasteiger partial charge < -0.3 is 24.5 Å². The van der Waals surface area contributed by atoms with Crippen molar-refractivity contribution in [3.8, 4) is 34.3 Å². The number of H-pyrrole nitrogens is 1. The molecular formula is C27H24N4O4. The van der Waals surface area contributed by atoms with Gasteiger partial charge in [-0.25, -0.2) is 9.97 Å². The molecule has 0 spiro atoms. The van der Waals surface area contributed by atoms with Gasteiger partial charge in [0.2, 0.25) is 5.91 Å². The van der Waals surface area contributed by atoms with Crippen LogP contribution in [-0.2, 0) is 17.6 Å². The molecule has 2 N–H and O–H groups in total. The van der Waals surface area contributed by atoms with Gasteiger partial charge in [0.25, 0.3) is 0 Å². The molecule has 2 aromatic carbocycles. The van der Waals surface area contributed by atoms with E-state index in [4.69, 9.17) is 19.2 Å². The number of fused-ring (bicyclic) bond motifs is 2. The molecule has 6 rings (SSSR count). The number of rotatable bonds is 5. The molecule has 2 aliphatic heterocycles. The van der Waals surface area contributed by atoms with E-state index in [0.717, 1.165) is 51.9 Å². The van der Waals surface area contributed by atoms with Gasteiger partial charge in [0, 0.05) is 29.9 Å². The van der Waals surface area contributed by atoms with Gasteiger partial charge >= 0.3 is 0 Å². The molecule has 4 aromatic rings. The van der Waals surface area contributed by atoms with Crippen molar-refractivity contribution in [2.45, 2.75) is 25.2 Å². The standard InChI is InChI=1S/C27H24N4O4/c1-33-19-4-2-16(3-5-19)22-14-29-26(30-22)18-12-17-13-20(6-8-23(17)34-15-18)35-24-10-11-28-27-21(24)7-9-25(32)31-27/h2-6,8,10-11,13-14,18H,7,9,12,15H2,1H3,(H,29,30)(H,28,31,32). The molecule has 0 radical (unpaired) electrons. The summed E-state index contributed by atoms with van der Waals surface area (Å²) in [6, 6.07) is 15.6. The number of hydrogen-bond donors (Lipinski definition) is 2. The molecule has 8 heteroatoms. The third-order valence-electron chi connectivity index (χ3n) is 6.41. The van der Waals surface area contributed by atoms with E-state index in [1.54, 1.807) is 13.3 Å². The second kappa shape index (κ2) is 8.79. The number of nitrogens with one attached hydrogen (secondary N) is 2. The lowest BCUT2D eigenvalue weighted by molar-refractivity contribution is -0.116. The molecule has 0 bridgehead atoms. The fourth-order valence-electron chi connectivity index (χ4n) is 4.55. The minimum Gasteiger partial charge on any atom is -0.497 e. The number of pyridine rings is 1. The smallest absolute Gasteiger partial charge is 0.225 e. The number of carbonyl (C=O) groups excluding carboxylic acids is 1. The monoisotopic (exact) mass is 468 g/mol. The van der Waals surface area contributed by atoms with Gasteiger partial charge in [-0.3, -0.25) is 4.79 Å². The predicted octanol–water partition coefficient (Wildman–Crippen LogP) is 4.88. The number of imidazole rings is 1. The number of carbonyl (C=O) groups is 1. The van der Waals surface area contributed by atoms with Crippen molar-refractivity contribution < 1.29 is 19.0 Å². The molecule has 0 fully saturated rings. The zero-order chi connectivity index (χ0) is 23.8. The van der Waals surface area contributed by atoms with Crippen LogP contribution in [0.4, 0.5) is 5.82 Å². The Morgan fingerprint density at radius 2 is 1.91 bits per heavy atom. The molecular weight excluding hydrogens is 444 g/mol. The van der Waals surface area contributed by atoms with Crippen molar-refractivity contribution in [1.29, 1.82) is 0 Å². The highest BCUT2D eigenvalue weighted by molar-refractivity contribution is 5.93. The van der Waals surface area contributed by atoms with Gasteiger partial charge in [-0.15, -0.1) is 0 Å². The number of benzene rings is 2. The van der Waals surface area contributed by atoms with Crippen LogP contribution in [-0.4, -0.2) is 34.6 Å². The second-order valence-corrected chi connectivity index (χ2v) is 8.67. The van der Waals surface area contributed by atoms with Crippen molar-refractivity contribution in [1.82, 2.24) is 15.0 Å². The molecule has 4 heterocycles. The van der Waals surface area contributed by atoms with Crippen molar-refractivity contribution in [3.05, 3.63) is 77.9 Å². The maximum Gasteiger partial charge on any atom is 0.225 e. The quantitative estimate of drug-likeness (QED) is 0.433. The first-order valence-electron chi connectivity index (χ1n) is 11.6. The van der Waals surface area contributed by atoms with Crippen LogP contribution in [0.1, 0.15) is 29.3 Å². The van der Waals surface area contributed by atoms with Crippen LogP contribution < -0.4 is 19.5 Å². The Balaban J connectivity index is 1.20. The normalized spacial score (nSPS) is 16.5. The lowest BCUT2D eigenvalue weighted by atomic mass is 9.96. The maximum atomic E-state index is 11.7. The lowest BCUT2D eigenvalue weighted by Gasteiger charge is -2.25. The average Bonchev–Trinajstić information content (AvgIpc) is 3.39. The van der Waals surface area contributed by atoms with E-state index >= 15 is 0 Å². The summed E-state index contributed by atoms with van der Waals surface area (Å²) in [6.45, 7) is 0.556. The SMILES string of the molecule is COc1ccc(-c2c[nH]c(C3COc4ccc(Oc5ccnc6c5CCC(=O)N6)cc4C3)n2)cc1. The zero-order valence-electron chi connectivity index (χ0n) is 19.2. The summed E-state index contributed by atoms with van der Waals surface area (Å²) >= 11 is 0. The number of methoxy groups -OCH3 is 1. The van der Waals surface area contributed by atoms with Crippen LogP contribution in [0.5, 0.6) is 23.0 Å². The molecule has 0 aliphatic carbocycles. The second-order valence-electron chi connectivity index (χ2n) is 8.67. The number of anilines is 1. The average molecular weight is 469 g/mol. The fraction of sp³-hybridized carbons (Fsp3) is 0.222. The third-order valence-corrected chi connectivity index (χ3v) is 6.41. The molecule has 2 aliphatic rings. The molecule has 176 valence electrons. The Bertz CT molecular complexity index is 1400. The highest BCUT2D eigenvalue weighted by atomic mass is 16.5. The summed E-state index contributed by atoms with van der Waals surface area (Å²) in [5, 5.41) is 2.81. The molecule has 35 heavy (non-hydrogen) atoms. The summed E-state index contributed by atoms with van der Waals surface area (Å²) in [7, 11) is 1.66. The summed E-state index contributed by atoms with van der Waals surface area (Å²) in [5.74, 6) is 4.66. The molecule has 8 nitrogen and oxygen atoms in total. The van der Waals surface area contributed by atoms with Crippen LogP contribution in [0.3, 0.4) is 0 Å². The predicted molar refractivity (Wildman–Crippen MR) is 130 cm³/mol. The maximum absolute atomic E-state index is 11.7. The Labute approximate surface area is 202 Å². The first-order valence-corrected chi connectivity index (χ1v) is 11.6. The van der Waals surface area contributed by atoms with Crippen LogP contribution in [0.25, 0.3) is 11.3 Å². The molecule has 0 saturated heterocycles. The summed E-state index contributed by atoms with van der Waals surface area (Å²) in [6.07, 6.45) is 5.39. The fourth-order valence-corrected chi connectivity index (χ4v) is 4.55. The third kappa shape index (κ3) is 4.19. The zero-order valence-corrected chi connectivity index (χ0v) is 19.2. The Kier molecular flexibility index (Phi) is 5.33.